The fraction of sp³-hybridized carbons (Fsp3) is 0.636. The molecule has 0 heterocycles. The van der Waals surface area contributed by atoms with Gasteiger partial charge in [0.05, 0.1) is 7.11 Å². The first-order valence-corrected chi connectivity index (χ1v) is 4.99. The van der Waals surface area contributed by atoms with Gasteiger partial charge < -0.3 is 4.74 Å². The number of ether oxygens (including phenoxy) is 1. The Morgan fingerprint density at radius 1 is 1.43 bits per heavy atom. The second kappa shape index (κ2) is 3.56. The summed E-state index contributed by atoms with van der Waals surface area (Å²) in [7, 11) is 1.35. The van der Waals surface area contributed by atoms with E-state index in [1.165, 1.54) is 7.11 Å². The van der Waals surface area contributed by atoms with Crippen molar-refractivity contribution in [1.29, 1.82) is 0 Å². The molecule has 76 valence electrons. The van der Waals surface area contributed by atoms with Crippen LogP contribution in [0, 0.1) is 17.8 Å². The van der Waals surface area contributed by atoms with Gasteiger partial charge in [0.1, 0.15) is 11.7 Å². The predicted molar refractivity (Wildman–Crippen MR) is 50.5 cm³/mol. The monoisotopic (exact) mass is 194 g/mol. The summed E-state index contributed by atoms with van der Waals surface area (Å²) in [5.74, 6) is -0.208. The van der Waals surface area contributed by atoms with E-state index in [0.717, 1.165) is 12.8 Å². The molecule has 0 unspecified atom stereocenters. The van der Waals surface area contributed by atoms with Gasteiger partial charge in [-0.2, -0.15) is 0 Å². The number of fused-ring (bicyclic) bond motifs is 1. The van der Waals surface area contributed by atoms with Crippen LogP contribution >= 0.6 is 0 Å². The highest BCUT2D eigenvalue weighted by Gasteiger charge is 2.46. The second-order valence-corrected chi connectivity index (χ2v) is 4.04. The number of carbonyl (C=O) groups excluding carboxylic acids is 2. The standard InChI is InChI=1S/C11H14O3/c1-14-11(13)10-8-5-3-2-4-7(8)6-9(10)12/h2-3,7-8,10H,4-6H2,1H3/t7-,8-,10+/m0/s1. The molecule has 2 aliphatic carbocycles. The molecule has 0 saturated heterocycles. The molecule has 0 spiro atoms. The van der Waals surface area contributed by atoms with Crippen molar-refractivity contribution in [2.75, 3.05) is 7.11 Å². The maximum Gasteiger partial charge on any atom is 0.316 e. The van der Waals surface area contributed by atoms with Gasteiger partial charge in [-0.1, -0.05) is 12.2 Å². The van der Waals surface area contributed by atoms with Crippen molar-refractivity contribution >= 4 is 11.8 Å². The third kappa shape index (κ3) is 1.37. The molecule has 14 heavy (non-hydrogen) atoms. The van der Waals surface area contributed by atoms with E-state index in [2.05, 4.69) is 16.9 Å². The van der Waals surface area contributed by atoms with Gasteiger partial charge >= 0.3 is 5.97 Å². The van der Waals surface area contributed by atoms with Crippen molar-refractivity contribution < 1.29 is 14.3 Å². The minimum Gasteiger partial charge on any atom is -0.468 e. The molecule has 2 rings (SSSR count). The molecule has 0 radical (unpaired) electrons. The number of hydrogen-bond acceptors (Lipinski definition) is 3. The maximum absolute atomic E-state index is 11.6. The Hall–Kier alpha value is -1.12. The van der Waals surface area contributed by atoms with E-state index in [4.69, 9.17) is 0 Å². The van der Waals surface area contributed by atoms with E-state index in [1.807, 2.05) is 0 Å². The average molecular weight is 194 g/mol. The van der Waals surface area contributed by atoms with E-state index in [1.54, 1.807) is 0 Å². The van der Waals surface area contributed by atoms with Gasteiger partial charge in [0.15, 0.2) is 0 Å². The summed E-state index contributed by atoms with van der Waals surface area (Å²) in [4.78, 5) is 23.0. The first kappa shape index (κ1) is 9.44. The predicted octanol–water partition coefficient (Wildman–Crippen LogP) is 1.33. The van der Waals surface area contributed by atoms with E-state index >= 15 is 0 Å². The Kier molecular flexibility index (Phi) is 2.40. The number of esters is 1. The number of ketones is 1. The zero-order valence-electron chi connectivity index (χ0n) is 8.23. The minimum atomic E-state index is -0.491. The first-order valence-electron chi connectivity index (χ1n) is 4.99. The molecule has 1 fully saturated rings. The number of allylic oxidation sites excluding steroid dienone is 2. The molecule has 0 bridgehead atoms. The van der Waals surface area contributed by atoms with E-state index in [0.29, 0.717) is 12.3 Å². The topological polar surface area (TPSA) is 43.4 Å². The number of hydrogen-bond donors (Lipinski definition) is 0. The third-order valence-electron chi connectivity index (χ3n) is 3.31. The van der Waals surface area contributed by atoms with Crippen molar-refractivity contribution in [3.63, 3.8) is 0 Å². The molecule has 0 N–H and O–H groups in total. The molecule has 0 aliphatic heterocycles. The highest BCUT2D eigenvalue weighted by Crippen LogP contribution is 2.41. The summed E-state index contributed by atoms with van der Waals surface area (Å²) < 4.78 is 4.67. The Bertz CT molecular complexity index is 293. The molecule has 1 saturated carbocycles. The van der Waals surface area contributed by atoms with Crippen LogP contribution in [-0.2, 0) is 14.3 Å². The van der Waals surface area contributed by atoms with Gasteiger partial charge in [-0.05, 0) is 24.7 Å². The summed E-state index contributed by atoms with van der Waals surface area (Å²) >= 11 is 0. The van der Waals surface area contributed by atoms with Gasteiger partial charge in [0, 0.05) is 6.42 Å². The summed E-state index contributed by atoms with van der Waals surface area (Å²) in [6.07, 6.45) is 6.50. The SMILES string of the molecule is COC(=O)[C@H]1C(=O)C[C@@H]2CC=CC[C@@H]21. The Morgan fingerprint density at radius 3 is 2.86 bits per heavy atom. The van der Waals surface area contributed by atoms with Crippen molar-refractivity contribution in [1.82, 2.24) is 0 Å². The van der Waals surface area contributed by atoms with E-state index in [-0.39, 0.29) is 17.7 Å². The summed E-state index contributed by atoms with van der Waals surface area (Å²) in [6, 6.07) is 0. The minimum absolute atomic E-state index is 0.0653. The molecule has 0 aromatic carbocycles. The molecular weight excluding hydrogens is 180 g/mol. The highest BCUT2D eigenvalue weighted by atomic mass is 16.5. The average Bonchev–Trinajstić information content (AvgIpc) is 2.53. The van der Waals surface area contributed by atoms with Gasteiger partial charge in [-0.15, -0.1) is 0 Å². The fourth-order valence-corrected chi connectivity index (χ4v) is 2.59. The van der Waals surface area contributed by atoms with Crippen LogP contribution in [0.25, 0.3) is 0 Å². The first-order chi connectivity index (χ1) is 6.74. The molecule has 0 aromatic rings. The van der Waals surface area contributed by atoms with Gasteiger partial charge in [-0.25, -0.2) is 0 Å². The number of methoxy groups -OCH3 is 1. The van der Waals surface area contributed by atoms with Crippen LogP contribution in [0.4, 0.5) is 0 Å². The number of Topliss-reactive ketones (excluding diaryl/α,β-unsaturated/α-hetero) is 1. The van der Waals surface area contributed by atoms with Crippen LogP contribution in [0.3, 0.4) is 0 Å². The van der Waals surface area contributed by atoms with Crippen LogP contribution in [-0.4, -0.2) is 18.9 Å². The number of carbonyl (C=O) groups is 2. The van der Waals surface area contributed by atoms with Gasteiger partial charge in [0.2, 0.25) is 0 Å². The summed E-state index contributed by atoms with van der Waals surface area (Å²) in [5.41, 5.74) is 0. The van der Waals surface area contributed by atoms with Gasteiger partial charge in [0.25, 0.3) is 0 Å². The van der Waals surface area contributed by atoms with Crippen molar-refractivity contribution in [3.05, 3.63) is 12.2 Å². The van der Waals surface area contributed by atoms with Gasteiger partial charge in [-0.3, -0.25) is 9.59 Å². The van der Waals surface area contributed by atoms with Crippen LogP contribution in [0.2, 0.25) is 0 Å². The van der Waals surface area contributed by atoms with Crippen LogP contribution in [0.5, 0.6) is 0 Å². The second-order valence-electron chi connectivity index (χ2n) is 4.04. The number of rotatable bonds is 1. The molecule has 3 atom stereocenters. The fourth-order valence-electron chi connectivity index (χ4n) is 2.59. The lowest BCUT2D eigenvalue weighted by Gasteiger charge is -2.23. The van der Waals surface area contributed by atoms with E-state index in [9.17, 15) is 9.59 Å². The van der Waals surface area contributed by atoms with Crippen molar-refractivity contribution in [2.24, 2.45) is 17.8 Å². The lowest BCUT2D eigenvalue weighted by atomic mass is 9.81. The molecule has 2 aliphatic rings. The Labute approximate surface area is 83.1 Å². The summed E-state index contributed by atoms with van der Waals surface area (Å²) in [6.45, 7) is 0. The lowest BCUT2D eigenvalue weighted by Crippen LogP contribution is -2.28. The van der Waals surface area contributed by atoms with Crippen LogP contribution in [0.1, 0.15) is 19.3 Å². The summed E-state index contributed by atoms with van der Waals surface area (Å²) in [5, 5.41) is 0. The molecular formula is C11H14O3. The largest absolute Gasteiger partial charge is 0.468 e. The molecule has 0 aromatic heterocycles. The molecule has 3 nitrogen and oxygen atoms in total. The van der Waals surface area contributed by atoms with E-state index < -0.39 is 5.92 Å². The molecule has 0 amide bonds. The zero-order chi connectivity index (χ0) is 10.1. The smallest absolute Gasteiger partial charge is 0.316 e. The highest BCUT2D eigenvalue weighted by molar-refractivity contribution is 6.01. The maximum atomic E-state index is 11.6. The normalized spacial score (nSPS) is 35.5. The van der Waals surface area contributed by atoms with Crippen LogP contribution in [0.15, 0.2) is 12.2 Å². The quantitative estimate of drug-likeness (QED) is 0.359. The zero-order valence-corrected chi connectivity index (χ0v) is 8.23. The van der Waals surface area contributed by atoms with Crippen LogP contribution < -0.4 is 0 Å². The molecule has 3 heteroatoms. The third-order valence-corrected chi connectivity index (χ3v) is 3.31. The Balaban J connectivity index is 2.19. The lowest BCUT2D eigenvalue weighted by molar-refractivity contribution is -0.149. The Morgan fingerprint density at radius 2 is 2.14 bits per heavy atom. The van der Waals surface area contributed by atoms with Crippen molar-refractivity contribution in [3.8, 4) is 0 Å². The van der Waals surface area contributed by atoms with Crippen molar-refractivity contribution in [2.45, 2.75) is 19.3 Å².